The summed E-state index contributed by atoms with van der Waals surface area (Å²) < 4.78 is 0. The summed E-state index contributed by atoms with van der Waals surface area (Å²) in [4.78, 5) is 14.5. The Morgan fingerprint density at radius 3 is 0.950 bits per heavy atom. The first-order valence-electron chi connectivity index (χ1n) is 4.17. The van der Waals surface area contributed by atoms with E-state index >= 15 is 0 Å². The molecule has 2 aromatic rings. The molecule has 4 nitrogen and oxygen atoms in total. The molecular formula is C12H12Mn2N2O2S2-10. The van der Waals surface area contributed by atoms with E-state index in [4.69, 9.17) is 21.0 Å². The predicted octanol–water partition coefficient (Wildman–Crippen LogP) is 4.44. The normalized spacial score (nSPS) is 4.80. The van der Waals surface area contributed by atoms with Crippen LogP contribution in [0.3, 0.4) is 0 Å². The van der Waals surface area contributed by atoms with E-state index in [2.05, 4.69) is 36.2 Å². The van der Waals surface area contributed by atoms with Gasteiger partial charge in [0.15, 0.2) is 0 Å². The molecule has 0 aliphatic carbocycles. The van der Waals surface area contributed by atoms with Crippen LogP contribution in [-0.2, 0) is 34.1 Å². The molecule has 0 bridgehead atoms. The SMILES string of the molecule is [CH-]=S.[CH-]=S.[Mn].[Mn].[N-]=O.[N-]=O.[cH-]1[cH-][cH-][cH-][cH-]1.c1cc[cH-]c1. The molecule has 2 rings (SSSR count). The molecular weight excluding hydrogens is 378 g/mol. The molecule has 0 N–H and O–H groups in total. The Kier molecular flexibility index (Phi) is 116. The summed E-state index contributed by atoms with van der Waals surface area (Å²) in [5.41, 5.74) is 11.5. The van der Waals surface area contributed by atoms with E-state index in [1.807, 2.05) is 60.7 Å². The Morgan fingerprint density at radius 2 is 0.850 bits per heavy atom. The van der Waals surface area contributed by atoms with Crippen LogP contribution in [-0.4, -0.2) is 11.7 Å². The zero-order valence-electron chi connectivity index (χ0n) is 10.2. The Labute approximate surface area is 151 Å². The van der Waals surface area contributed by atoms with Gasteiger partial charge in [-0.1, -0.05) is 0 Å². The first kappa shape index (κ1) is 36.5. The third kappa shape index (κ3) is 53.5. The predicted molar refractivity (Wildman–Crippen MR) is 84.8 cm³/mol. The minimum atomic E-state index is 0. The van der Waals surface area contributed by atoms with Gasteiger partial charge in [-0.2, -0.15) is 18.2 Å². The van der Waals surface area contributed by atoms with Crippen molar-refractivity contribution in [2.75, 3.05) is 0 Å². The van der Waals surface area contributed by atoms with Crippen molar-refractivity contribution in [3.05, 3.63) is 81.7 Å². The van der Waals surface area contributed by atoms with E-state index in [0.717, 1.165) is 0 Å². The number of hydrogen-bond acceptors (Lipinski definition) is 4. The van der Waals surface area contributed by atoms with Crippen molar-refractivity contribution in [3.8, 4) is 0 Å². The second kappa shape index (κ2) is 63.9. The maximum absolute atomic E-state index is 7.25. The van der Waals surface area contributed by atoms with Crippen LogP contribution < -0.4 is 0 Å². The van der Waals surface area contributed by atoms with Crippen LogP contribution in [0.15, 0.2) is 60.7 Å². The number of nitroso groups, excluding NO2 is 2. The van der Waals surface area contributed by atoms with Crippen LogP contribution in [0.2, 0.25) is 0 Å². The van der Waals surface area contributed by atoms with Crippen molar-refractivity contribution >= 4 is 36.2 Å². The van der Waals surface area contributed by atoms with E-state index in [-0.39, 0.29) is 34.1 Å². The minimum Gasteiger partial charge on any atom is -0.748 e. The second-order valence-corrected chi connectivity index (χ2v) is 1.92. The van der Waals surface area contributed by atoms with Gasteiger partial charge in [0.2, 0.25) is 0 Å². The summed E-state index contributed by atoms with van der Waals surface area (Å²) in [6.07, 6.45) is 0. The number of rotatable bonds is 0. The molecule has 2 aromatic carbocycles. The minimum absolute atomic E-state index is 0. The largest absolute Gasteiger partial charge is 0.748 e. The van der Waals surface area contributed by atoms with Gasteiger partial charge in [0.05, 0.1) is 0 Å². The van der Waals surface area contributed by atoms with Gasteiger partial charge in [0.1, 0.15) is 0 Å². The molecule has 0 unspecified atom stereocenters. The van der Waals surface area contributed by atoms with Crippen molar-refractivity contribution in [1.82, 2.24) is 0 Å². The molecule has 0 spiro atoms. The van der Waals surface area contributed by atoms with Crippen LogP contribution in [0.1, 0.15) is 0 Å². The molecule has 0 heterocycles. The molecule has 0 fully saturated rings. The maximum atomic E-state index is 7.25. The summed E-state index contributed by atoms with van der Waals surface area (Å²) in [6, 6.07) is 20.0. The molecule has 0 aliphatic heterocycles. The number of nitrogens with zero attached hydrogens (tertiary/aromatic N) is 2. The molecule has 2 radical (unpaired) electrons. The summed E-state index contributed by atoms with van der Waals surface area (Å²) in [7, 11) is 0. The van der Waals surface area contributed by atoms with Crippen LogP contribution in [0, 0.1) is 9.81 Å². The fourth-order valence-electron chi connectivity index (χ4n) is 0.642. The standard InChI is InChI=1S/2C5H5.2CHS.2Mn.2NO/c2*1-2-4-5-3-1;2*1-2;;;2*1-2/h2*1-5H;2*1H;;;;/q-5;3*-1;;;2*-1. The van der Waals surface area contributed by atoms with E-state index in [0.29, 0.717) is 0 Å². The molecule has 0 amide bonds. The van der Waals surface area contributed by atoms with Gasteiger partial charge in [0.25, 0.3) is 0 Å². The van der Waals surface area contributed by atoms with Crippen molar-refractivity contribution < 1.29 is 34.1 Å². The third-order valence-electron chi connectivity index (χ3n) is 1.11. The van der Waals surface area contributed by atoms with Gasteiger partial charge in [-0.25, -0.2) is 12.1 Å². The van der Waals surface area contributed by atoms with Crippen LogP contribution in [0.4, 0.5) is 0 Å². The van der Waals surface area contributed by atoms with Crippen molar-refractivity contribution in [1.29, 1.82) is 0 Å². The summed E-state index contributed by atoms with van der Waals surface area (Å²) in [5, 5.41) is 0. The fourth-order valence-corrected chi connectivity index (χ4v) is 0.642. The smallest absolute Gasteiger partial charge is 0 e. The molecule has 0 saturated carbocycles. The molecule has 0 atom stereocenters. The zero-order chi connectivity index (χ0) is 15.1. The number of hydrogen-bond donors (Lipinski definition) is 0. The topological polar surface area (TPSA) is 78.7 Å². The molecule has 118 valence electrons. The van der Waals surface area contributed by atoms with Gasteiger partial charge in [-0.3, -0.25) is 0 Å². The van der Waals surface area contributed by atoms with E-state index in [9.17, 15) is 0 Å². The van der Waals surface area contributed by atoms with Gasteiger partial charge >= 0.3 is 0 Å². The molecule has 0 aromatic heterocycles. The Bertz CT molecular complexity index is 217. The van der Waals surface area contributed by atoms with Crippen molar-refractivity contribution in [2.45, 2.75) is 0 Å². The molecule has 0 saturated heterocycles. The molecule has 0 aliphatic rings. The van der Waals surface area contributed by atoms with Crippen molar-refractivity contribution in [3.63, 3.8) is 0 Å². The van der Waals surface area contributed by atoms with Crippen molar-refractivity contribution in [2.24, 2.45) is 0 Å². The summed E-state index contributed by atoms with van der Waals surface area (Å²) in [6.45, 7) is 0. The van der Waals surface area contributed by atoms with Crippen LogP contribution in [0.5, 0.6) is 0 Å². The third-order valence-corrected chi connectivity index (χ3v) is 1.11. The first-order valence-corrected chi connectivity index (χ1v) is 5.11. The summed E-state index contributed by atoms with van der Waals surface area (Å²) >= 11 is 7.17. The van der Waals surface area contributed by atoms with Gasteiger partial charge < -0.3 is 87.5 Å². The second-order valence-electron chi connectivity index (χ2n) is 1.92. The molecule has 20 heavy (non-hydrogen) atoms. The van der Waals surface area contributed by atoms with Crippen LogP contribution >= 0.6 is 24.4 Å². The average Bonchev–Trinajstić information content (AvgIpc) is 3.25. The Morgan fingerprint density at radius 1 is 0.650 bits per heavy atom. The van der Waals surface area contributed by atoms with E-state index in [1.54, 1.807) is 0 Å². The van der Waals surface area contributed by atoms with Gasteiger partial charge in [-0.15, -0.1) is 0 Å². The quantitative estimate of drug-likeness (QED) is 0.379. The first-order chi connectivity index (χ1) is 9.00. The monoisotopic (exact) mass is 390 g/mol. The summed E-state index contributed by atoms with van der Waals surface area (Å²) in [5.74, 6) is 8.17. The van der Waals surface area contributed by atoms with E-state index < -0.39 is 0 Å². The fraction of sp³-hybridized carbons (Fsp3) is 0. The Hall–Kier alpha value is -0.881. The van der Waals surface area contributed by atoms with E-state index in [1.165, 1.54) is 0 Å². The maximum Gasteiger partial charge on any atom is 0 e. The van der Waals surface area contributed by atoms with Crippen LogP contribution in [0.25, 0.3) is 11.2 Å². The van der Waals surface area contributed by atoms with Gasteiger partial charge in [-0.05, 0) is 0 Å². The van der Waals surface area contributed by atoms with Gasteiger partial charge in [0, 0.05) is 34.1 Å². The number of thiocarbonyl (C=S) groups is 2. The zero-order valence-corrected chi connectivity index (χ0v) is 14.2. The molecule has 8 heteroatoms. The Balaban J connectivity index is -0.0000000311. The average molecular weight is 390 g/mol.